The largest absolute Gasteiger partial charge is 0.339 e. The van der Waals surface area contributed by atoms with Crippen LogP contribution >= 0.6 is 0 Å². The lowest BCUT2D eigenvalue weighted by Crippen LogP contribution is -2.50. The molecule has 21 heavy (non-hydrogen) atoms. The number of hydrogen-bond donors (Lipinski definition) is 0. The molecule has 0 aromatic carbocycles. The predicted octanol–water partition coefficient (Wildman–Crippen LogP) is -1.03. The number of rotatable bonds is 7. The Labute approximate surface area is 128 Å². The standard InChI is InChI=1S/C13H28N4O3S/c1-14(2)6-5-7-17(21(4,19)20)12-13(18)16-10-8-15(3)9-11-16/h5-12H2,1-4H3. The van der Waals surface area contributed by atoms with Gasteiger partial charge in [-0.05, 0) is 34.1 Å². The third-order valence-electron chi connectivity index (χ3n) is 3.65. The summed E-state index contributed by atoms with van der Waals surface area (Å²) >= 11 is 0. The minimum atomic E-state index is -3.35. The Balaban J connectivity index is 2.54. The summed E-state index contributed by atoms with van der Waals surface area (Å²) in [6.07, 6.45) is 1.88. The van der Waals surface area contributed by atoms with Crippen molar-refractivity contribution in [2.24, 2.45) is 0 Å². The molecule has 0 bridgehead atoms. The van der Waals surface area contributed by atoms with Crippen molar-refractivity contribution in [1.29, 1.82) is 0 Å². The number of sulfonamides is 1. The van der Waals surface area contributed by atoms with Gasteiger partial charge in [0.2, 0.25) is 15.9 Å². The van der Waals surface area contributed by atoms with Crippen molar-refractivity contribution < 1.29 is 13.2 Å². The summed E-state index contributed by atoms with van der Waals surface area (Å²) in [5.74, 6) is -0.0987. The molecule has 0 saturated carbocycles. The summed E-state index contributed by atoms with van der Waals surface area (Å²) in [4.78, 5) is 18.2. The molecule has 0 aliphatic carbocycles. The van der Waals surface area contributed by atoms with E-state index in [0.29, 0.717) is 19.6 Å². The van der Waals surface area contributed by atoms with Crippen molar-refractivity contribution in [2.45, 2.75) is 6.42 Å². The molecule has 1 saturated heterocycles. The molecule has 7 nitrogen and oxygen atoms in total. The lowest BCUT2D eigenvalue weighted by atomic mass is 10.3. The Kier molecular flexibility index (Phi) is 7.05. The molecule has 1 aliphatic heterocycles. The van der Waals surface area contributed by atoms with Crippen LogP contribution in [0.4, 0.5) is 0 Å². The SMILES string of the molecule is CN(C)CCCN(CC(=O)N1CCN(C)CC1)S(C)(=O)=O. The number of amides is 1. The van der Waals surface area contributed by atoms with Gasteiger partial charge in [0.15, 0.2) is 0 Å². The monoisotopic (exact) mass is 320 g/mol. The second kappa shape index (κ2) is 8.07. The van der Waals surface area contributed by atoms with Crippen LogP contribution in [-0.2, 0) is 14.8 Å². The summed E-state index contributed by atoms with van der Waals surface area (Å²) in [5.41, 5.74) is 0. The van der Waals surface area contributed by atoms with E-state index in [2.05, 4.69) is 4.90 Å². The first kappa shape index (κ1) is 18.3. The van der Waals surface area contributed by atoms with Gasteiger partial charge < -0.3 is 14.7 Å². The van der Waals surface area contributed by atoms with Crippen molar-refractivity contribution in [2.75, 3.05) is 73.2 Å². The fourth-order valence-corrected chi connectivity index (χ4v) is 3.04. The molecule has 1 heterocycles. The maximum atomic E-state index is 12.2. The van der Waals surface area contributed by atoms with E-state index in [1.165, 1.54) is 10.6 Å². The molecule has 1 aliphatic rings. The van der Waals surface area contributed by atoms with Crippen molar-refractivity contribution in [1.82, 2.24) is 19.0 Å². The number of hydrogen-bond acceptors (Lipinski definition) is 5. The lowest BCUT2D eigenvalue weighted by molar-refractivity contribution is -0.132. The van der Waals surface area contributed by atoms with Gasteiger partial charge >= 0.3 is 0 Å². The fraction of sp³-hybridized carbons (Fsp3) is 0.923. The van der Waals surface area contributed by atoms with Gasteiger partial charge in [-0.15, -0.1) is 0 Å². The highest BCUT2D eigenvalue weighted by Crippen LogP contribution is 2.05. The Morgan fingerprint density at radius 1 is 1.10 bits per heavy atom. The van der Waals surface area contributed by atoms with Gasteiger partial charge in [0.25, 0.3) is 0 Å². The number of carbonyl (C=O) groups is 1. The first-order valence-electron chi connectivity index (χ1n) is 7.26. The van der Waals surface area contributed by atoms with Crippen molar-refractivity contribution >= 4 is 15.9 Å². The van der Waals surface area contributed by atoms with Crippen LogP contribution in [0.25, 0.3) is 0 Å². The molecular weight excluding hydrogens is 292 g/mol. The van der Waals surface area contributed by atoms with Crippen LogP contribution in [0.2, 0.25) is 0 Å². The van der Waals surface area contributed by atoms with E-state index in [9.17, 15) is 13.2 Å². The van der Waals surface area contributed by atoms with Gasteiger partial charge in [0.1, 0.15) is 0 Å². The van der Waals surface area contributed by atoms with Crippen molar-refractivity contribution in [3.8, 4) is 0 Å². The predicted molar refractivity (Wildman–Crippen MR) is 83.7 cm³/mol. The molecular formula is C13H28N4O3S. The van der Waals surface area contributed by atoms with E-state index in [4.69, 9.17) is 0 Å². The van der Waals surface area contributed by atoms with Crippen molar-refractivity contribution in [3.63, 3.8) is 0 Å². The maximum Gasteiger partial charge on any atom is 0.237 e. The van der Waals surface area contributed by atoms with Crippen LogP contribution in [0.15, 0.2) is 0 Å². The average molecular weight is 320 g/mol. The molecule has 1 fully saturated rings. The van der Waals surface area contributed by atoms with Gasteiger partial charge in [-0.1, -0.05) is 0 Å². The van der Waals surface area contributed by atoms with E-state index in [-0.39, 0.29) is 12.5 Å². The molecule has 0 aromatic rings. The van der Waals surface area contributed by atoms with Crippen LogP contribution in [-0.4, -0.2) is 107 Å². The van der Waals surface area contributed by atoms with Gasteiger partial charge in [0.05, 0.1) is 12.8 Å². The topological polar surface area (TPSA) is 64.2 Å². The molecule has 0 N–H and O–H groups in total. The van der Waals surface area contributed by atoms with Crippen LogP contribution in [0.3, 0.4) is 0 Å². The highest BCUT2D eigenvalue weighted by atomic mass is 32.2. The number of likely N-dealkylation sites (N-methyl/N-ethyl adjacent to an activating group) is 1. The summed E-state index contributed by atoms with van der Waals surface area (Å²) < 4.78 is 24.9. The Morgan fingerprint density at radius 2 is 1.67 bits per heavy atom. The molecule has 124 valence electrons. The van der Waals surface area contributed by atoms with Gasteiger partial charge in [-0.3, -0.25) is 4.79 Å². The van der Waals surface area contributed by atoms with E-state index >= 15 is 0 Å². The molecule has 0 radical (unpaired) electrons. The first-order chi connectivity index (χ1) is 9.70. The van der Waals surface area contributed by atoms with Crippen LogP contribution < -0.4 is 0 Å². The van der Waals surface area contributed by atoms with Crippen molar-refractivity contribution in [3.05, 3.63) is 0 Å². The summed E-state index contributed by atoms with van der Waals surface area (Å²) in [6, 6.07) is 0. The van der Waals surface area contributed by atoms with Crippen LogP contribution in [0.1, 0.15) is 6.42 Å². The van der Waals surface area contributed by atoms with Gasteiger partial charge in [-0.25, -0.2) is 8.42 Å². The Hall–Kier alpha value is -0.700. The second-order valence-electron chi connectivity index (χ2n) is 5.94. The zero-order valence-corrected chi connectivity index (χ0v) is 14.4. The number of carbonyl (C=O) groups excluding carboxylic acids is 1. The zero-order chi connectivity index (χ0) is 16.0. The Morgan fingerprint density at radius 3 is 2.14 bits per heavy atom. The molecule has 0 spiro atoms. The highest BCUT2D eigenvalue weighted by Gasteiger charge is 2.25. The molecule has 1 amide bonds. The maximum absolute atomic E-state index is 12.2. The van der Waals surface area contributed by atoms with Gasteiger partial charge in [0, 0.05) is 32.7 Å². The van der Waals surface area contributed by atoms with E-state index in [1.54, 1.807) is 4.90 Å². The quantitative estimate of drug-likeness (QED) is 0.600. The van der Waals surface area contributed by atoms with E-state index in [0.717, 1.165) is 26.1 Å². The molecule has 0 atom stereocenters. The second-order valence-corrected chi connectivity index (χ2v) is 7.92. The number of piperazine rings is 1. The summed E-state index contributed by atoms with van der Waals surface area (Å²) in [6.45, 7) is 4.16. The minimum Gasteiger partial charge on any atom is -0.339 e. The molecule has 1 rings (SSSR count). The normalized spacial score (nSPS) is 17.7. The summed E-state index contributed by atoms with van der Waals surface area (Å²) in [7, 11) is 2.56. The van der Waals surface area contributed by atoms with E-state index in [1.807, 2.05) is 26.0 Å². The minimum absolute atomic E-state index is 0.0457. The lowest BCUT2D eigenvalue weighted by Gasteiger charge is -2.33. The van der Waals surface area contributed by atoms with Gasteiger partial charge in [-0.2, -0.15) is 4.31 Å². The smallest absolute Gasteiger partial charge is 0.237 e. The summed E-state index contributed by atoms with van der Waals surface area (Å²) in [5, 5.41) is 0. The Bertz CT molecular complexity index is 431. The van der Waals surface area contributed by atoms with Crippen LogP contribution in [0.5, 0.6) is 0 Å². The third kappa shape index (κ3) is 6.73. The highest BCUT2D eigenvalue weighted by molar-refractivity contribution is 7.88. The molecule has 0 unspecified atom stereocenters. The average Bonchev–Trinajstić information content (AvgIpc) is 2.36. The van der Waals surface area contributed by atoms with Crippen LogP contribution in [0, 0.1) is 0 Å². The fourth-order valence-electron chi connectivity index (χ4n) is 2.23. The third-order valence-corrected chi connectivity index (χ3v) is 4.90. The zero-order valence-electron chi connectivity index (χ0n) is 13.6. The number of nitrogens with zero attached hydrogens (tertiary/aromatic N) is 4. The molecule has 0 aromatic heterocycles. The van der Waals surface area contributed by atoms with E-state index < -0.39 is 10.0 Å². The first-order valence-corrected chi connectivity index (χ1v) is 9.11. The molecule has 8 heteroatoms.